The molecule has 0 spiro atoms. The van der Waals surface area contributed by atoms with Crippen LogP contribution in [-0.2, 0) is 0 Å². The van der Waals surface area contributed by atoms with E-state index < -0.39 is 0 Å². The molecule has 3 heteroatoms. The van der Waals surface area contributed by atoms with Crippen LogP contribution in [0.1, 0.15) is 25.7 Å². The Morgan fingerprint density at radius 2 is 2.07 bits per heavy atom. The van der Waals surface area contributed by atoms with E-state index in [1.165, 1.54) is 18.6 Å². The zero-order valence-electron chi connectivity index (χ0n) is 8.53. The minimum absolute atomic E-state index is 0.203. The molecule has 0 bridgehead atoms. The Labute approximate surface area is 93.7 Å². The first kappa shape index (κ1) is 11.0. The third-order valence-corrected chi connectivity index (χ3v) is 4.13. The molecule has 0 aliphatic heterocycles. The van der Waals surface area contributed by atoms with Gasteiger partial charge < -0.3 is 5.11 Å². The number of aliphatic hydroxyl groups excluding tert-OH is 1. The molecule has 0 radical (unpaired) electrons. The van der Waals surface area contributed by atoms with Crippen molar-refractivity contribution in [1.82, 2.24) is 0 Å². The fourth-order valence-electron chi connectivity index (χ4n) is 1.93. The van der Waals surface area contributed by atoms with Crippen LogP contribution >= 0.6 is 11.8 Å². The van der Waals surface area contributed by atoms with Crippen molar-refractivity contribution in [2.45, 2.75) is 41.9 Å². The number of aliphatic hydroxyl groups is 1. The highest BCUT2D eigenvalue weighted by molar-refractivity contribution is 8.00. The summed E-state index contributed by atoms with van der Waals surface area (Å²) in [6.45, 7) is 0. The second-order valence-electron chi connectivity index (χ2n) is 3.97. The van der Waals surface area contributed by atoms with E-state index >= 15 is 0 Å². The van der Waals surface area contributed by atoms with Gasteiger partial charge >= 0.3 is 0 Å². The summed E-state index contributed by atoms with van der Waals surface area (Å²) in [6.07, 6.45) is 3.97. The highest BCUT2D eigenvalue weighted by Gasteiger charge is 2.23. The van der Waals surface area contributed by atoms with Crippen LogP contribution in [-0.4, -0.2) is 16.5 Å². The molecule has 1 aromatic rings. The molecule has 2 atom stereocenters. The number of hydrogen-bond acceptors (Lipinski definition) is 2. The number of halogens is 1. The van der Waals surface area contributed by atoms with Crippen LogP contribution in [0.3, 0.4) is 0 Å². The summed E-state index contributed by atoms with van der Waals surface area (Å²) >= 11 is 1.60. The average molecular weight is 226 g/mol. The molecule has 1 N–H and O–H groups in total. The lowest BCUT2D eigenvalue weighted by Gasteiger charge is -2.26. The largest absolute Gasteiger partial charge is 0.392 e. The Morgan fingerprint density at radius 1 is 1.27 bits per heavy atom. The summed E-state index contributed by atoms with van der Waals surface area (Å²) < 4.78 is 12.9. The summed E-state index contributed by atoms with van der Waals surface area (Å²) in [6, 6.07) is 6.59. The van der Waals surface area contributed by atoms with Crippen molar-refractivity contribution in [2.75, 3.05) is 0 Å². The quantitative estimate of drug-likeness (QED) is 0.835. The SMILES string of the molecule is O[C@H]1CCCC[C@@H]1Sc1cccc(F)c1. The Balaban J connectivity index is 2.01. The zero-order chi connectivity index (χ0) is 10.7. The molecule has 0 aromatic heterocycles. The van der Waals surface area contributed by atoms with Crippen molar-refractivity contribution in [1.29, 1.82) is 0 Å². The van der Waals surface area contributed by atoms with E-state index in [-0.39, 0.29) is 17.2 Å². The highest BCUT2D eigenvalue weighted by atomic mass is 32.2. The minimum Gasteiger partial charge on any atom is -0.392 e. The number of rotatable bonds is 2. The lowest BCUT2D eigenvalue weighted by molar-refractivity contribution is 0.137. The van der Waals surface area contributed by atoms with Crippen molar-refractivity contribution < 1.29 is 9.50 Å². The lowest BCUT2D eigenvalue weighted by atomic mass is 9.97. The van der Waals surface area contributed by atoms with Crippen LogP contribution in [0.2, 0.25) is 0 Å². The van der Waals surface area contributed by atoms with Crippen LogP contribution in [0.4, 0.5) is 4.39 Å². The molecular formula is C12H15FOS. The first-order valence-electron chi connectivity index (χ1n) is 5.36. The maximum Gasteiger partial charge on any atom is 0.124 e. The minimum atomic E-state index is -0.230. The van der Waals surface area contributed by atoms with E-state index in [4.69, 9.17) is 0 Å². The van der Waals surface area contributed by atoms with Crippen molar-refractivity contribution in [2.24, 2.45) is 0 Å². The Hall–Kier alpha value is -0.540. The molecule has 0 amide bonds. The highest BCUT2D eigenvalue weighted by Crippen LogP contribution is 2.33. The number of thioether (sulfide) groups is 1. The third kappa shape index (κ3) is 2.95. The molecule has 1 aliphatic rings. The molecule has 82 valence electrons. The van der Waals surface area contributed by atoms with E-state index in [2.05, 4.69) is 0 Å². The molecule has 0 saturated heterocycles. The van der Waals surface area contributed by atoms with Crippen molar-refractivity contribution in [3.63, 3.8) is 0 Å². The maximum atomic E-state index is 12.9. The van der Waals surface area contributed by atoms with E-state index in [9.17, 15) is 9.50 Å². The Morgan fingerprint density at radius 3 is 2.80 bits per heavy atom. The predicted octanol–water partition coefficient (Wildman–Crippen LogP) is 3.22. The normalized spacial score (nSPS) is 26.5. The van der Waals surface area contributed by atoms with Crippen LogP contribution < -0.4 is 0 Å². The van der Waals surface area contributed by atoms with Gasteiger partial charge in [0.15, 0.2) is 0 Å². The van der Waals surface area contributed by atoms with Crippen molar-refractivity contribution in [3.8, 4) is 0 Å². The van der Waals surface area contributed by atoms with Gasteiger partial charge in [-0.1, -0.05) is 18.9 Å². The molecule has 1 aromatic carbocycles. The third-order valence-electron chi connectivity index (χ3n) is 2.75. The Bertz CT molecular complexity index is 329. The molecule has 2 rings (SSSR count). The van der Waals surface area contributed by atoms with Gasteiger partial charge in [-0.3, -0.25) is 0 Å². The standard InChI is InChI=1S/C12H15FOS/c13-9-4-3-5-10(8-9)15-12-7-2-1-6-11(12)14/h3-5,8,11-12,14H,1-2,6-7H2/t11-,12-/m0/s1. The maximum absolute atomic E-state index is 12.9. The van der Waals surface area contributed by atoms with Crippen LogP contribution in [0.5, 0.6) is 0 Å². The topological polar surface area (TPSA) is 20.2 Å². The molecular weight excluding hydrogens is 211 g/mol. The van der Waals surface area contributed by atoms with Gasteiger partial charge in [0, 0.05) is 10.1 Å². The average Bonchev–Trinajstić information content (AvgIpc) is 2.22. The lowest BCUT2D eigenvalue weighted by Crippen LogP contribution is -2.26. The molecule has 0 heterocycles. The number of benzene rings is 1. The molecule has 1 nitrogen and oxygen atoms in total. The fraction of sp³-hybridized carbons (Fsp3) is 0.500. The number of hydrogen-bond donors (Lipinski definition) is 1. The molecule has 1 saturated carbocycles. The molecule has 15 heavy (non-hydrogen) atoms. The van der Waals surface area contributed by atoms with Gasteiger partial charge in [0.25, 0.3) is 0 Å². The van der Waals surface area contributed by atoms with Gasteiger partial charge in [0.05, 0.1) is 6.10 Å². The first-order valence-corrected chi connectivity index (χ1v) is 6.24. The fourth-order valence-corrected chi connectivity index (χ4v) is 3.19. The molecule has 1 aliphatic carbocycles. The van der Waals surface area contributed by atoms with Gasteiger partial charge in [-0.25, -0.2) is 4.39 Å². The van der Waals surface area contributed by atoms with Crippen LogP contribution in [0, 0.1) is 5.82 Å². The molecule has 1 fully saturated rings. The smallest absolute Gasteiger partial charge is 0.124 e. The Kier molecular flexibility index (Phi) is 3.65. The van der Waals surface area contributed by atoms with Gasteiger partial charge in [-0.15, -0.1) is 11.8 Å². The second kappa shape index (κ2) is 4.99. The summed E-state index contributed by atoms with van der Waals surface area (Å²) in [5.41, 5.74) is 0. The van der Waals surface area contributed by atoms with Crippen molar-refractivity contribution in [3.05, 3.63) is 30.1 Å². The molecule has 0 unspecified atom stereocenters. The summed E-state index contributed by atoms with van der Waals surface area (Å²) in [5, 5.41) is 10.0. The van der Waals surface area contributed by atoms with E-state index in [1.807, 2.05) is 6.07 Å². The van der Waals surface area contributed by atoms with E-state index in [1.54, 1.807) is 17.8 Å². The first-order chi connectivity index (χ1) is 7.25. The summed E-state index contributed by atoms with van der Waals surface area (Å²) in [7, 11) is 0. The van der Waals surface area contributed by atoms with Crippen molar-refractivity contribution >= 4 is 11.8 Å². The van der Waals surface area contributed by atoms with E-state index in [0.717, 1.165) is 24.2 Å². The predicted molar refractivity (Wildman–Crippen MR) is 60.5 cm³/mol. The second-order valence-corrected chi connectivity index (χ2v) is 5.28. The van der Waals surface area contributed by atoms with Crippen LogP contribution in [0.25, 0.3) is 0 Å². The zero-order valence-corrected chi connectivity index (χ0v) is 9.34. The van der Waals surface area contributed by atoms with Gasteiger partial charge in [0.2, 0.25) is 0 Å². The summed E-state index contributed by atoms with van der Waals surface area (Å²) in [4.78, 5) is 0.918. The van der Waals surface area contributed by atoms with Gasteiger partial charge in [-0.05, 0) is 31.0 Å². The summed E-state index contributed by atoms with van der Waals surface area (Å²) in [5.74, 6) is -0.203. The monoisotopic (exact) mass is 226 g/mol. The van der Waals surface area contributed by atoms with Crippen LogP contribution in [0.15, 0.2) is 29.2 Å². The van der Waals surface area contributed by atoms with Gasteiger partial charge in [-0.2, -0.15) is 0 Å². The van der Waals surface area contributed by atoms with E-state index in [0.29, 0.717) is 0 Å². The van der Waals surface area contributed by atoms with Gasteiger partial charge in [0.1, 0.15) is 5.82 Å².